The van der Waals surface area contributed by atoms with Crippen LogP contribution in [0.4, 0.5) is 0 Å². The van der Waals surface area contributed by atoms with Crippen molar-refractivity contribution in [1.29, 1.82) is 0 Å². The van der Waals surface area contributed by atoms with Crippen LogP contribution < -0.4 is 14.9 Å². The van der Waals surface area contributed by atoms with Crippen LogP contribution in [0.1, 0.15) is 15.9 Å². The second-order valence-electron chi connectivity index (χ2n) is 3.82. The van der Waals surface area contributed by atoms with E-state index in [2.05, 4.69) is 10.5 Å². The van der Waals surface area contributed by atoms with Gasteiger partial charge in [-0.15, -0.1) is 0 Å². The van der Waals surface area contributed by atoms with Crippen molar-refractivity contribution in [3.8, 4) is 11.5 Å². The number of nitrogens with zero attached hydrogens (tertiary/aromatic N) is 1. The minimum Gasteiger partial charge on any atom is -0.472 e. The number of rotatable bonds is 3. The molecule has 0 atom stereocenters. The highest BCUT2D eigenvalue weighted by molar-refractivity contribution is 5.95. The number of carbonyl (C=O) groups excluding carboxylic acids is 1. The minimum atomic E-state index is -0.321. The Balaban J connectivity index is 1.67. The number of ether oxygens (including phenoxy) is 2. The molecule has 1 aromatic heterocycles. The van der Waals surface area contributed by atoms with E-state index in [-0.39, 0.29) is 12.7 Å². The number of hydrogen-bond donors (Lipinski definition) is 1. The van der Waals surface area contributed by atoms with E-state index in [0.29, 0.717) is 17.1 Å². The van der Waals surface area contributed by atoms with E-state index in [1.165, 1.54) is 18.7 Å². The fourth-order valence-electron chi connectivity index (χ4n) is 1.62. The van der Waals surface area contributed by atoms with Crippen molar-refractivity contribution in [2.24, 2.45) is 5.10 Å². The number of fused-ring (bicyclic) bond motifs is 1. The summed E-state index contributed by atoms with van der Waals surface area (Å²) >= 11 is 0. The van der Waals surface area contributed by atoms with E-state index < -0.39 is 0 Å². The Morgan fingerprint density at radius 3 is 3.00 bits per heavy atom. The van der Waals surface area contributed by atoms with Gasteiger partial charge in [-0.3, -0.25) is 4.79 Å². The van der Waals surface area contributed by atoms with Gasteiger partial charge in [0.05, 0.1) is 18.7 Å². The van der Waals surface area contributed by atoms with Crippen molar-refractivity contribution in [3.05, 3.63) is 47.9 Å². The quantitative estimate of drug-likeness (QED) is 0.672. The molecule has 0 saturated heterocycles. The van der Waals surface area contributed by atoms with Crippen LogP contribution in [0.2, 0.25) is 0 Å². The molecule has 1 aliphatic heterocycles. The highest BCUT2D eigenvalue weighted by Gasteiger charge is 2.15. The van der Waals surface area contributed by atoms with Gasteiger partial charge in [0, 0.05) is 11.1 Å². The summed E-state index contributed by atoms with van der Waals surface area (Å²) in [5, 5.41) is 3.83. The molecule has 2 aromatic rings. The molecule has 0 bridgehead atoms. The van der Waals surface area contributed by atoms with Crippen LogP contribution in [-0.2, 0) is 0 Å². The summed E-state index contributed by atoms with van der Waals surface area (Å²) in [7, 11) is 0. The molecular formula is C13H10N2O4. The van der Waals surface area contributed by atoms with Crippen molar-refractivity contribution in [2.45, 2.75) is 0 Å². The number of carbonyl (C=O) groups is 1. The SMILES string of the molecule is O=C(N/N=C\c1ccoc1)c1ccc2c(c1)OCO2. The highest BCUT2D eigenvalue weighted by Crippen LogP contribution is 2.32. The smallest absolute Gasteiger partial charge is 0.271 e. The van der Waals surface area contributed by atoms with Gasteiger partial charge in [0.25, 0.3) is 5.91 Å². The average Bonchev–Trinajstić information content (AvgIpc) is 3.08. The Bertz CT molecular complexity index is 620. The van der Waals surface area contributed by atoms with Crippen molar-refractivity contribution in [2.75, 3.05) is 6.79 Å². The number of amides is 1. The summed E-state index contributed by atoms with van der Waals surface area (Å²) in [6.45, 7) is 0.180. The van der Waals surface area contributed by atoms with E-state index in [1.807, 2.05) is 0 Å². The topological polar surface area (TPSA) is 73.1 Å². The number of hydrazone groups is 1. The number of benzene rings is 1. The van der Waals surface area contributed by atoms with Gasteiger partial charge in [0.1, 0.15) is 0 Å². The first-order valence-corrected chi connectivity index (χ1v) is 5.58. The minimum absolute atomic E-state index is 0.180. The number of furan rings is 1. The first-order chi connectivity index (χ1) is 9.33. The average molecular weight is 258 g/mol. The molecule has 0 aliphatic carbocycles. The molecule has 3 rings (SSSR count). The fourth-order valence-corrected chi connectivity index (χ4v) is 1.62. The molecule has 1 aliphatic rings. The molecule has 2 heterocycles. The summed E-state index contributed by atoms with van der Waals surface area (Å²) in [6.07, 6.45) is 4.55. The van der Waals surface area contributed by atoms with Gasteiger partial charge in [0.2, 0.25) is 6.79 Å². The van der Waals surface area contributed by atoms with Crippen LogP contribution >= 0.6 is 0 Å². The normalized spacial score (nSPS) is 12.8. The summed E-state index contributed by atoms with van der Waals surface area (Å²) in [4.78, 5) is 11.8. The Morgan fingerprint density at radius 1 is 1.26 bits per heavy atom. The van der Waals surface area contributed by atoms with E-state index >= 15 is 0 Å². The Kier molecular flexibility index (Phi) is 2.89. The second-order valence-corrected chi connectivity index (χ2v) is 3.82. The molecule has 1 aromatic carbocycles. The molecule has 6 nitrogen and oxygen atoms in total. The van der Waals surface area contributed by atoms with Gasteiger partial charge in [-0.25, -0.2) is 5.43 Å². The van der Waals surface area contributed by atoms with Crippen molar-refractivity contribution >= 4 is 12.1 Å². The first-order valence-electron chi connectivity index (χ1n) is 5.58. The molecule has 1 N–H and O–H groups in total. The second kappa shape index (κ2) is 4.85. The van der Waals surface area contributed by atoms with Gasteiger partial charge >= 0.3 is 0 Å². The monoisotopic (exact) mass is 258 g/mol. The first kappa shape index (κ1) is 11.3. The maximum absolute atomic E-state index is 11.8. The van der Waals surface area contributed by atoms with Crippen LogP contribution in [0.25, 0.3) is 0 Å². The van der Waals surface area contributed by atoms with Gasteiger partial charge in [-0.05, 0) is 24.3 Å². The van der Waals surface area contributed by atoms with Crippen molar-refractivity contribution < 1.29 is 18.7 Å². The Hall–Kier alpha value is -2.76. The summed E-state index contributed by atoms with van der Waals surface area (Å²) < 4.78 is 15.2. The molecule has 0 spiro atoms. The number of hydrogen-bond acceptors (Lipinski definition) is 5. The van der Waals surface area contributed by atoms with Crippen LogP contribution in [0.15, 0.2) is 46.3 Å². The van der Waals surface area contributed by atoms with Crippen LogP contribution in [0, 0.1) is 0 Å². The van der Waals surface area contributed by atoms with Crippen LogP contribution in [-0.4, -0.2) is 18.9 Å². The molecular weight excluding hydrogens is 248 g/mol. The molecule has 96 valence electrons. The van der Waals surface area contributed by atoms with E-state index in [0.717, 1.165) is 5.56 Å². The van der Waals surface area contributed by atoms with Gasteiger partial charge in [-0.2, -0.15) is 5.10 Å². The molecule has 0 fully saturated rings. The van der Waals surface area contributed by atoms with Crippen molar-refractivity contribution in [1.82, 2.24) is 5.43 Å². The molecule has 0 unspecified atom stereocenters. The standard InChI is InChI=1S/C13H10N2O4/c16-13(15-14-6-9-3-4-17-7-9)10-1-2-11-12(5-10)19-8-18-11/h1-7H,8H2,(H,15,16)/b14-6-. The largest absolute Gasteiger partial charge is 0.472 e. The summed E-state index contributed by atoms with van der Waals surface area (Å²) in [5.74, 6) is 0.878. The molecule has 0 radical (unpaired) electrons. The van der Waals surface area contributed by atoms with E-state index in [4.69, 9.17) is 13.9 Å². The van der Waals surface area contributed by atoms with Crippen molar-refractivity contribution in [3.63, 3.8) is 0 Å². The third kappa shape index (κ3) is 2.42. The van der Waals surface area contributed by atoms with Gasteiger partial charge in [0.15, 0.2) is 11.5 Å². The van der Waals surface area contributed by atoms with Gasteiger partial charge in [-0.1, -0.05) is 0 Å². The number of nitrogens with one attached hydrogen (secondary N) is 1. The third-order valence-electron chi connectivity index (χ3n) is 2.56. The third-order valence-corrected chi connectivity index (χ3v) is 2.56. The van der Waals surface area contributed by atoms with E-state index in [9.17, 15) is 4.79 Å². The molecule has 0 saturated carbocycles. The lowest BCUT2D eigenvalue weighted by Gasteiger charge is -2.01. The van der Waals surface area contributed by atoms with Gasteiger partial charge < -0.3 is 13.9 Å². The lowest BCUT2D eigenvalue weighted by Crippen LogP contribution is -2.17. The Morgan fingerprint density at radius 2 is 2.16 bits per heavy atom. The predicted molar refractivity (Wildman–Crippen MR) is 66.3 cm³/mol. The fraction of sp³-hybridized carbons (Fsp3) is 0.0769. The zero-order chi connectivity index (χ0) is 13.1. The summed E-state index contributed by atoms with van der Waals surface area (Å²) in [5.41, 5.74) is 3.64. The zero-order valence-electron chi connectivity index (χ0n) is 9.83. The lowest BCUT2D eigenvalue weighted by atomic mass is 10.2. The van der Waals surface area contributed by atoms with Crippen LogP contribution in [0.3, 0.4) is 0 Å². The predicted octanol–water partition coefficient (Wildman–Crippen LogP) is 1.77. The zero-order valence-corrected chi connectivity index (χ0v) is 9.83. The van der Waals surface area contributed by atoms with E-state index in [1.54, 1.807) is 24.3 Å². The molecule has 1 amide bonds. The highest BCUT2D eigenvalue weighted by atomic mass is 16.7. The maximum atomic E-state index is 11.8. The maximum Gasteiger partial charge on any atom is 0.271 e. The van der Waals surface area contributed by atoms with Crippen LogP contribution in [0.5, 0.6) is 11.5 Å². The molecule has 19 heavy (non-hydrogen) atoms. The molecule has 6 heteroatoms. The Labute approximate surface area is 108 Å². The summed E-state index contributed by atoms with van der Waals surface area (Å²) in [6, 6.07) is 6.69. The lowest BCUT2D eigenvalue weighted by molar-refractivity contribution is 0.0954.